The fourth-order valence-electron chi connectivity index (χ4n) is 3.59. The molecule has 1 aliphatic rings. The highest BCUT2D eigenvalue weighted by molar-refractivity contribution is 7.80. The van der Waals surface area contributed by atoms with Crippen LogP contribution in [-0.4, -0.2) is 28.2 Å². The lowest BCUT2D eigenvalue weighted by molar-refractivity contribution is 0.293. The Morgan fingerprint density at radius 1 is 1.11 bits per heavy atom. The van der Waals surface area contributed by atoms with Crippen LogP contribution in [0.3, 0.4) is 0 Å². The van der Waals surface area contributed by atoms with Crippen molar-refractivity contribution in [2.75, 3.05) is 19.0 Å². The molecule has 0 spiro atoms. The van der Waals surface area contributed by atoms with Gasteiger partial charge in [-0.25, -0.2) is 0 Å². The summed E-state index contributed by atoms with van der Waals surface area (Å²) >= 11 is 18.5. The van der Waals surface area contributed by atoms with Crippen LogP contribution >= 0.6 is 35.4 Å². The molecule has 1 atom stereocenters. The highest BCUT2D eigenvalue weighted by Crippen LogP contribution is 2.38. The number of halogens is 2. The molecule has 1 unspecified atom stereocenters. The first kappa shape index (κ1) is 19.1. The van der Waals surface area contributed by atoms with Crippen molar-refractivity contribution < 1.29 is 4.74 Å². The van der Waals surface area contributed by atoms with Crippen LogP contribution in [0.2, 0.25) is 10.0 Å². The first-order valence-corrected chi connectivity index (χ1v) is 10.1. The second kappa shape index (κ2) is 8.03. The van der Waals surface area contributed by atoms with E-state index < -0.39 is 0 Å². The maximum atomic E-state index is 6.57. The Morgan fingerprint density at radius 3 is 2.71 bits per heavy atom. The molecule has 1 N–H and O–H groups in total. The van der Waals surface area contributed by atoms with E-state index in [1.54, 1.807) is 13.2 Å². The first-order valence-electron chi connectivity index (χ1n) is 8.89. The van der Waals surface area contributed by atoms with Crippen LogP contribution in [-0.2, 0) is 6.54 Å². The summed E-state index contributed by atoms with van der Waals surface area (Å²) in [5.41, 5.74) is 2.94. The number of hydrogen-bond donors (Lipinski definition) is 1. The Hall–Kier alpha value is -2.21. The lowest BCUT2D eigenvalue weighted by atomic mass is 10.00. The van der Waals surface area contributed by atoms with Gasteiger partial charge in [0, 0.05) is 35.0 Å². The zero-order chi connectivity index (χ0) is 19.7. The van der Waals surface area contributed by atoms with E-state index in [1.165, 1.54) is 0 Å². The Balaban J connectivity index is 1.71. The average molecular weight is 432 g/mol. The summed E-state index contributed by atoms with van der Waals surface area (Å²) in [5, 5.41) is 5.19. The van der Waals surface area contributed by atoms with Crippen molar-refractivity contribution in [2.45, 2.75) is 12.6 Å². The third kappa shape index (κ3) is 3.58. The van der Waals surface area contributed by atoms with Crippen molar-refractivity contribution in [3.8, 4) is 5.75 Å². The molecule has 144 valence electrons. The number of benzene rings is 2. The van der Waals surface area contributed by atoms with Gasteiger partial charge in [0.2, 0.25) is 0 Å². The van der Waals surface area contributed by atoms with Crippen molar-refractivity contribution in [1.82, 2.24) is 9.47 Å². The van der Waals surface area contributed by atoms with E-state index in [9.17, 15) is 0 Å². The van der Waals surface area contributed by atoms with Gasteiger partial charge >= 0.3 is 0 Å². The zero-order valence-electron chi connectivity index (χ0n) is 15.2. The van der Waals surface area contributed by atoms with Gasteiger partial charge in [0.1, 0.15) is 5.75 Å². The summed E-state index contributed by atoms with van der Waals surface area (Å²) in [7, 11) is 1.65. The number of ether oxygens (including phenoxy) is 1. The molecule has 28 heavy (non-hydrogen) atoms. The Kier molecular flexibility index (Phi) is 5.49. The number of hydrogen-bond acceptors (Lipinski definition) is 2. The van der Waals surface area contributed by atoms with Crippen LogP contribution in [0.4, 0.5) is 5.69 Å². The van der Waals surface area contributed by atoms with Crippen LogP contribution in [0.15, 0.2) is 60.8 Å². The molecule has 0 bridgehead atoms. The molecule has 7 heteroatoms. The van der Waals surface area contributed by atoms with Crippen LogP contribution in [0, 0.1) is 0 Å². The lowest BCUT2D eigenvalue weighted by Gasteiger charge is -2.39. The molecule has 4 rings (SSSR count). The highest BCUT2D eigenvalue weighted by atomic mass is 35.5. The molecule has 2 aromatic carbocycles. The lowest BCUT2D eigenvalue weighted by Crippen LogP contribution is -2.44. The monoisotopic (exact) mass is 431 g/mol. The predicted molar refractivity (Wildman–Crippen MR) is 119 cm³/mol. The van der Waals surface area contributed by atoms with Gasteiger partial charge in [-0.3, -0.25) is 0 Å². The molecule has 1 aliphatic heterocycles. The minimum absolute atomic E-state index is 0.108. The maximum absolute atomic E-state index is 6.57. The van der Waals surface area contributed by atoms with Crippen molar-refractivity contribution in [3.63, 3.8) is 0 Å². The van der Waals surface area contributed by atoms with Gasteiger partial charge in [0.05, 0.1) is 18.8 Å². The van der Waals surface area contributed by atoms with E-state index in [2.05, 4.69) is 27.0 Å². The highest BCUT2D eigenvalue weighted by Gasteiger charge is 2.32. The molecular weight excluding hydrogens is 413 g/mol. The minimum atomic E-state index is -0.108. The van der Waals surface area contributed by atoms with Crippen LogP contribution in [0.5, 0.6) is 5.75 Å². The van der Waals surface area contributed by atoms with Gasteiger partial charge < -0.3 is 19.5 Å². The summed E-state index contributed by atoms with van der Waals surface area (Å²) in [6, 6.07) is 17.4. The van der Waals surface area contributed by atoms with Gasteiger partial charge in [-0.05, 0) is 54.2 Å². The van der Waals surface area contributed by atoms with Crippen molar-refractivity contribution in [2.24, 2.45) is 0 Å². The second-order valence-electron chi connectivity index (χ2n) is 6.52. The zero-order valence-corrected chi connectivity index (χ0v) is 17.6. The summed E-state index contributed by atoms with van der Waals surface area (Å²) < 4.78 is 7.67. The Bertz CT molecular complexity index is 1020. The number of para-hydroxylation sites is 2. The van der Waals surface area contributed by atoms with Gasteiger partial charge in [0.25, 0.3) is 0 Å². The molecule has 0 saturated carbocycles. The van der Waals surface area contributed by atoms with Gasteiger partial charge in [0.15, 0.2) is 5.11 Å². The second-order valence-corrected chi connectivity index (χ2v) is 7.75. The standard InChI is InChI=1S/C21H19Cl2N3OS/c1-27-19-7-3-2-5-17(19)24-21(28)26-12-11-25-10-4-6-18(25)20(26)15-9-8-14(22)13-16(15)23/h2-10,13,20H,11-12H2,1H3,(H,24,28). The van der Waals surface area contributed by atoms with E-state index in [1.807, 2.05) is 42.5 Å². The van der Waals surface area contributed by atoms with Gasteiger partial charge in [-0.15, -0.1) is 0 Å². The van der Waals surface area contributed by atoms with E-state index in [0.29, 0.717) is 15.2 Å². The molecule has 1 aromatic heterocycles. The van der Waals surface area contributed by atoms with Gasteiger partial charge in [-0.1, -0.05) is 41.4 Å². The SMILES string of the molecule is COc1ccccc1NC(=S)N1CCn2cccc2C1c1ccc(Cl)cc1Cl. The van der Waals surface area contributed by atoms with Crippen molar-refractivity contribution >= 4 is 46.2 Å². The molecule has 0 aliphatic carbocycles. The number of aromatic nitrogens is 1. The molecule has 0 fully saturated rings. The number of nitrogens with zero attached hydrogens (tertiary/aromatic N) is 2. The van der Waals surface area contributed by atoms with Crippen LogP contribution in [0.25, 0.3) is 0 Å². The molecule has 2 heterocycles. The summed E-state index contributed by atoms with van der Waals surface area (Å²) in [6.07, 6.45) is 2.08. The van der Waals surface area contributed by atoms with Crippen LogP contribution < -0.4 is 10.1 Å². The number of fused-ring (bicyclic) bond motifs is 1. The van der Waals surface area contributed by atoms with E-state index in [4.69, 9.17) is 40.2 Å². The molecule has 4 nitrogen and oxygen atoms in total. The molecule has 0 radical (unpaired) electrons. The van der Waals surface area contributed by atoms with E-state index in [0.717, 1.165) is 35.8 Å². The van der Waals surface area contributed by atoms with Crippen molar-refractivity contribution in [1.29, 1.82) is 0 Å². The predicted octanol–water partition coefficient (Wildman–Crippen LogP) is 5.61. The number of methoxy groups -OCH3 is 1. The maximum Gasteiger partial charge on any atom is 0.174 e. The van der Waals surface area contributed by atoms with Gasteiger partial charge in [-0.2, -0.15) is 0 Å². The fraction of sp³-hybridized carbons (Fsp3) is 0.190. The Morgan fingerprint density at radius 2 is 1.93 bits per heavy atom. The van der Waals surface area contributed by atoms with E-state index >= 15 is 0 Å². The molecule has 3 aromatic rings. The number of thiocarbonyl (C=S) groups is 1. The number of anilines is 1. The smallest absolute Gasteiger partial charge is 0.174 e. The fourth-order valence-corrected chi connectivity index (χ4v) is 4.41. The number of rotatable bonds is 3. The summed E-state index contributed by atoms with van der Waals surface area (Å²) in [5.74, 6) is 0.742. The third-order valence-corrected chi connectivity index (χ3v) is 5.80. The summed E-state index contributed by atoms with van der Waals surface area (Å²) in [6.45, 7) is 1.60. The number of nitrogens with one attached hydrogen (secondary N) is 1. The average Bonchev–Trinajstić information content (AvgIpc) is 3.17. The normalized spacial score (nSPS) is 15.8. The summed E-state index contributed by atoms with van der Waals surface area (Å²) in [4.78, 5) is 2.16. The minimum Gasteiger partial charge on any atom is -0.495 e. The van der Waals surface area contributed by atoms with Crippen molar-refractivity contribution in [3.05, 3.63) is 82.1 Å². The van der Waals surface area contributed by atoms with E-state index in [-0.39, 0.29) is 6.04 Å². The Labute approximate surface area is 179 Å². The topological polar surface area (TPSA) is 29.4 Å². The molecular formula is C21H19Cl2N3OS. The largest absolute Gasteiger partial charge is 0.495 e. The third-order valence-electron chi connectivity index (χ3n) is 4.90. The van der Waals surface area contributed by atoms with Crippen LogP contribution in [0.1, 0.15) is 17.3 Å². The quantitative estimate of drug-likeness (QED) is 0.546. The molecule has 0 saturated heterocycles. The molecule has 0 amide bonds. The first-order chi connectivity index (χ1) is 13.6.